The molecule has 2 heterocycles. The van der Waals surface area contributed by atoms with Gasteiger partial charge in [0.05, 0.1) is 16.2 Å². The number of aromatic hydroxyl groups is 1. The van der Waals surface area contributed by atoms with Crippen LogP contribution < -0.4 is 0 Å². The molecule has 0 aliphatic rings. The summed E-state index contributed by atoms with van der Waals surface area (Å²) in [5.74, 6) is -1.59. The van der Waals surface area contributed by atoms with Gasteiger partial charge in [-0.15, -0.1) is 10.2 Å². The summed E-state index contributed by atoms with van der Waals surface area (Å²) < 4.78 is 32.6. The lowest BCUT2D eigenvalue weighted by Crippen LogP contribution is -2.02. The Bertz CT molecular complexity index is 1220. The van der Waals surface area contributed by atoms with E-state index < -0.39 is 26.5 Å². The maximum absolute atomic E-state index is 11.4. The summed E-state index contributed by atoms with van der Waals surface area (Å²) in [5, 5.41) is 31.1. The minimum Gasteiger partial charge on any atom is -0.493 e. The van der Waals surface area contributed by atoms with Crippen LogP contribution in [0.1, 0.15) is 21.7 Å². The van der Waals surface area contributed by atoms with E-state index in [1.807, 2.05) is 0 Å². The fraction of sp³-hybridized carbons (Fsp3) is 0.133. The van der Waals surface area contributed by atoms with Crippen molar-refractivity contribution >= 4 is 33.1 Å². The summed E-state index contributed by atoms with van der Waals surface area (Å²) in [5.41, 5.74) is 0.739. The average molecular weight is 391 g/mol. The minimum atomic E-state index is -4.57. The number of hydrogen-bond donors (Lipinski definition) is 3. The third-order valence-electron chi connectivity index (χ3n) is 3.60. The molecular formula is C15H13N5O6S. The Morgan fingerprint density at radius 2 is 1.89 bits per heavy atom. The number of rotatable bonds is 4. The molecular weight excluding hydrogens is 378 g/mol. The molecule has 27 heavy (non-hydrogen) atoms. The SMILES string of the molecule is Cc1cc(O)n2nc(C)c(/N=N/c3ccc(S(=O)(=O)O)cc3C(=O)O)c2n1. The minimum absolute atomic E-state index is 0.134. The van der Waals surface area contributed by atoms with Crippen molar-refractivity contribution in [1.29, 1.82) is 0 Å². The number of hydrogen-bond acceptors (Lipinski definition) is 8. The number of aromatic carboxylic acids is 1. The first-order valence-electron chi connectivity index (χ1n) is 7.40. The number of aromatic nitrogens is 3. The molecule has 0 radical (unpaired) electrons. The number of benzene rings is 1. The standard InChI is InChI=1S/C15H13N5O6S/c1-7-5-12(21)20-14(16-7)13(8(2)19-20)18-17-11-4-3-9(27(24,25)26)6-10(11)15(22)23/h3-6,21H,1-2H3,(H,22,23)(H,24,25,26)/b18-17+. The number of carboxylic acid groups (broad SMARTS) is 1. The third-order valence-corrected chi connectivity index (χ3v) is 4.45. The van der Waals surface area contributed by atoms with Gasteiger partial charge in [-0.25, -0.2) is 9.78 Å². The summed E-state index contributed by atoms with van der Waals surface area (Å²) in [6, 6.07) is 4.31. The zero-order valence-electron chi connectivity index (χ0n) is 14.0. The molecule has 140 valence electrons. The van der Waals surface area contributed by atoms with Crippen LogP contribution in [-0.2, 0) is 10.1 Å². The normalized spacial score (nSPS) is 12.1. The molecule has 3 aromatic rings. The molecule has 3 N–H and O–H groups in total. The van der Waals surface area contributed by atoms with E-state index in [0.29, 0.717) is 11.4 Å². The van der Waals surface area contributed by atoms with E-state index >= 15 is 0 Å². The lowest BCUT2D eigenvalue weighted by molar-refractivity contribution is 0.0697. The molecule has 12 heteroatoms. The number of fused-ring (bicyclic) bond motifs is 1. The average Bonchev–Trinajstić information content (AvgIpc) is 2.87. The summed E-state index contributed by atoms with van der Waals surface area (Å²) >= 11 is 0. The highest BCUT2D eigenvalue weighted by Crippen LogP contribution is 2.30. The second kappa shape index (κ2) is 6.41. The van der Waals surface area contributed by atoms with Crippen LogP contribution in [0.5, 0.6) is 5.88 Å². The van der Waals surface area contributed by atoms with Gasteiger partial charge in [-0.2, -0.15) is 18.0 Å². The Hall–Kier alpha value is -3.38. The molecule has 11 nitrogen and oxygen atoms in total. The predicted octanol–water partition coefficient (Wildman–Crippen LogP) is 2.41. The van der Waals surface area contributed by atoms with Gasteiger partial charge in [0.1, 0.15) is 5.69 Å². The number of carbonyl (C=O) groups is 1. The molecule has 0 spiro atoms. The van der Waals surface area contributed by atoms with Crippen molar-refractivity contribution in [2.75, 3.05) is 0 Å². The predicted molar refractivity (Wildman–Crippen MR) is 91.5 cm³/mol. The fourth-order valence-electron chi connectivity index (χ4n) is 2.37. The van der Waals surface area contributed by atoms with Gasteiger partial charge in [0.2, 0.25) is 5.88 Å². The lowest BCUT2D eigenvalue weighted by Gasteiger charge is -2.03. The summed E-state index contributed by atoms with van der Waals surface area (Å²) in [6.45, 7) is 3.27. The molecule has 3 rings (SSSR count). The van der Waals surface area contributed by atoms with E-state index in [1.54, 1.807) is 13.8 Å². The van der Waals surface area contributed by atoms with E-state index in [-0.39, 0.29) is 22.9 Å². The van der Waals surface area contributed by atoms with Gasteiger partial charge in [0, 0.05) is 11.8 Å². The number of azo groups is 1. The van der Waals surface area contributed by atoms with Gasteiger partial charge in [0.15, 0.2) is 11.3 Å². The van der Waals surface area contributed by atoms with Crippen molar-refractivity contribution in [3.63, 3.8) is 0 Å². The number of aryl methyl sites for hydroxylation is 2. The summed E-state index contributed by atoms with van der Waals surface area (Å²) in [4.78, 5) is 15.0. The Morgan fingerprint density at radius 1 is 1.19 bits per heavy atom. The van der Waals surface area contributed by atoms with Gasteiger partial charge in [-0.1, -0.05) is 0 Å². The summed E-state index contributed by atoms with van der Waals surface area (Å²) in [7, 11) is -4.57. The molecule has 0 aliphatic carbocycles. The molecule has 0 atom stereocenters. The van der Waals surface area contributed by atoms with Crippen molar-refractivity contribution in [2.24, 2.45) is 10.2 Å². The molecule has 0 amide bonds. The number of carboxylic acids is 1. The Balaban J connectivity index is 2.13. The monoisotopic (exact) mass is 391 g/mol. The highest BCUT2D eigenvalue weighted by molar-refractivity contribution is 7.85. The fourth-order valence-corrected chi connectivity index (χ4v) is 2.88. The molecule has 0 bridgehead atoms. The quantitative estimate of drug-likeness (QED) is 0.450. The van der Waals surface area contributed by atoms with E-state index in [2.05, 4.69) is 20.3 Å². The van der Waals surface area contributed by atoms with E-state index in [1.165, 1.54) is 6.07 Å². The van der Waals surface area contributed by atoms with Crippen LogP contribution in [0, 0.1) is 13.8 Å². The van der Waals surface area contributed by atoms with Crippen LogP contribution in [-0.4, -0.2) is 43.8 Å². The van der Waals surface area contributed by atoms with Crippen LogP contribution >= 0.6 is 0 Å². The Kier molecular flexibility index (Phi) is 4.37. The zero-order chi connectivity index (χ0) is 19.9. The first kappa shape index (κ1) is 18.4. The smallest absolute Gasteiger partial charge is 0.338 e. The van der Waals surface area contributed by atoms with Crippen molar-refractivity contribution < 1.29 is 28.0 Å². The van der Waals surface area contributed by atoms with Crippen LogP contribution in [0.4, 0.5) is 11.4 Å². The van der Waals surface area contributed by atoms with Crippen molar-refractivity contribution in [1.82, 2.24) is 14.6 Å². The molecule has 0 saturated carbocycles. The highest BCUT2D eigenvalue weighted by Gasteiger charge is 2.18. The van der Waals surface area contributed by atoms with Gasteiger partial charge in [-0.05, 0) is 32.0 Å². The van der Waals surface area contributed by atoms with Crippen LogP contribution in [0.15, 0.2) is 39.4 Å². The molecule has 1 aromatic carbocycles. The van der Waals surface area contributed by atoms with E-state index in [0.717, 1.165) is 22.7 Å². The Labute approximate surface area is 152 Å². The van der Waals surface area contributed by atoms with Crippen LogP contribution in [0.2, 0.25) is 0 Å². The van der Waals surface area contributed by atoms with Gasteiger partial charge in [-0.3, -0.25) is 4.55 Å². The van der Waals surface area contributed by atoms with Crippen molar-refractivity contribution in [2.45, 2.75) is 18.7 Å². The lowest BCUT2D eigenvalue weighted by atomic mass is 10.2. The topological polar surface area (TPSA) is 167 Å². The molecule has 0 unspecified atom stereocenters. The van der Waals surface area contributed by atoms with Crippen molar-refractivity contribution in [3.05, 3.63) is 41.2 Å². The van der Waals surface area contributed by atoms with Crippen molar-refractivity contribution in [3.8, 4) is 5.88 Å². The summed E-state index contributed by atoms with van der Waals surface area (Å²) in [6.07, 6.45) is 0. The second-order valence-corrected chi connectivity index (χ2v) is 7.01. The second-order valence-electron chi connectivity index (χ2n) is 5.58. The molecule has 0 aliphatic heterocycles. The van der Waals surface area contributed by atoms with Gasteiger partial charge in [0.25, 0.3) is 10.1 Å². The zero-order valence-corrected chi connectivity index (χ0v) is 14.8. The Morgan fingerprint density at radius 3 is 2.52 bits per heavy atom. The first-order valence-corrected chi connectivity index (χ1v) is 8.84. The van der Waals surface area contributed by atoms with Gasteiger partial charge >= 0.3 is 5.97 Å². The highest BCUT2D eigenvalue weighted by atomic mass is 32.2. The van der Waals surface area contributed by atoms with Crippen LogP contribution in [0.25, 0.3) is 5.65 Å². The largest absolute Gasteiger partial charge is 0.493 e. The molecule has 2 aromatic heterocycles. The van der Waals surface area contributed by atoms with Crippen LogP contribution in [0.3, 0.4) is 0 Å². The molecule has 0 fully saturated rings. The maximum Gasteiger partial charge on any atom is 0.338 e. The maximum atomic E-state index is 11.4. The first-order chi connectivity index (χ1) is 12.6. The molecule has 0 saturated heterocycles. The van der Waals surface area contributed by atoms with E-state index in [4.69, 9.17) is 4.55 Å². The number of nitrogens with zero attached hydrogens (tertiary/aromatic N) is 5. The third kappa shape index (κ3) is 3.47. The van der Waals surface area contributed by atoms with E-state index in [9.17, 15) is 23.4 Å². The van der Waals surface area contributed by atoms with Gasteiger partial charge < -0.3 is 10.2 Å².